The summed E-state index contributed by atoms with van der Waals surface area (Å²) in [6, 6.07) is 0. The zero-order chi connectivity index (χ0) is 18.8. The third-order valence-corrected chi connectivity index (χ3v) is 4.68. The van der Waals surface area contributed by atoms with Crippen LogP contribution in [-0.2, 0) is 18.6 Å². The van der Waals surface area contributed by atoms with Crippen LogP contribution in [-0.4, -0.2) is 46.2 Å². The van der Waals surface area contributed by atoms with E-state index in [0.29, 0.717) is 17.2 Å². The zero-order valence-electron chi connectivity index (χ0n) is 14.4. The maximum atomic E-state index is 11.8. The number of nitrogens with zero attached hydrogens (tertiary/aromatic N) is 3. The SMILES string of the molecule is C=C1NC(N)=Nc2c1ncn2/C=C1/C[C@H]1COC(=O)C(C)OP(O)OC. The quantitative estimate of drug-likeness (QED) is 0.472. The molecule has 3 atom stereocenters. The Morgan fingerprint density at radius 2 is 2.46 bits per heavy atom. The number of fused-ring (bicyclic) bond motifs is 1. The number of nitrogens with two attached hydrogens (primary N) is 1. The van der Waals surface area contributed by atoms with Gasteiger partial charge in [-0.15, -0.1) is 0 Å². The van der Waals surface area contributed by atoms with Gasteiger partial charge in [-0.1, -0.05) is 6.58 Å². The van der Waals surface area contributed by atoms with E-state index in [-0.39, 0.29) is 18.5 Å². The molecule has 1 fully saturated rings. The first-order valence-electron chi connectivity index (χ1n) is 7.83. The van der Waals surface area contributed by atoms with Crippen LogP contribution in [0.2, 0.25) is 0 Å². The van der Waals surface area contributed by atoms with Gasteiger partial charge in [0.05, 0.1) is 12.3 Å². The van der Waals surface area contributed by atoms with Crippen molar-refractivity contribution in [3.05, 3.63) is 24.2 Å². The third kappa shape index (κ3) is 4.10. The Balaban J connectivity index is 1.55. The van der Waals surface area contributed by atoms with Gasteiger partial charge in [0.1, 0.15) is 12.0 Å². The highest BCUT2D eigenvalue weighted by molar-refractivity contribution is 7.40. The largest absolute Gasteiger partial charge is 0.463 e. The third-order valence-electron chi connectivity index (χ3n) is 3.87. The Bertz CT molecular complexity index is 789. The van der Waals surface area contributed by atoms with Crippen molar-refractivity contribution in [1.29, 1.82) is 0 Å². The average molecular weight is 381 g/mol. The van der Waals surface area contributed by atoms with Gasteiger partial charge in [-0.3, -0.25) is 9.09 Å². The number of rotatable bonds is 7. The van der Waals surface area contributed by atoms with Crippen molar-refractivity contribution < 1.29 is 23.5 Å². The van der Waals surface area contributed by atoms with E-state index < -0.39 is 20.7 Å². The standard InChI is InChI=1S/C15H20N5O5P/c1-8-12-13(19-15(16)18-8)20(7-17-12)5-10-4-11(10)6-24-14(21)9(2)25-26(22)23-3/h5,7,9,11,22H,1,4,6H2,2-3H3,(H3,16,18,19)/b10-5-/t9?,11-,26?/m0/s1. The summed E-state index contributed by atoms with van der Waals surface area (Å²) in [6.07, 6.45) is 3.45. The molecular weight excluding hydrogens is 361 g/mol. The minimum absolute atomic E-state index is 0.133. The number of aliphatic imine (C=N–C) groups is 1. The van der Waals surface area contributed by atoms with E-state index in [1.807, 2.05) is 6.20 Å². The van der Waals surface area contributed by atoms with E-state index in [9.17, 15) is 9.69 Å². The molecule has 1 saturated carbocycles. The number of nitrogens with one attached hydrogen (secondary N) is 1. The molecule has 0 aromatic carbocycles. The van der Waals surface area contributed by atoms with E-state index in [2.05, 4.69) is 26.4 Å². The molecule has 1 aliphatic carbocycles. The van der Waals surface area contributed by atoms with E-state index in [1.165, 1.54) is 14.0 Å². The normalized spacial score (nSPS) is 22.3. The Morgan fingerprint density at radius 3 is 3.19 bits per heavy atom. The zero-order valence-corrected chi connectivity index (χ0v) is 15.3. The highest BCUT2D eigenvalue weighted by atomic mass is 31.2. The second kappa shape index (κ2) is 7.55. The van der Waals surface area contributed by atoms with Crippen molar-refractivity contribution >= 4 is 38.2 Å². The molecule has 0 amide bonds. The maximum absolute atomic E-state index is 11.8. The first-order chi connectivity index (χ1) is 12.4. The average Bonchev–Trinajstić information content (AvgIpc) is 3.22. The van der Waals surface area contributed by atoms with Crippen molar-refractivity contribution in [2.75, 3.05) is 13.7 Å². The first-order valence-corrected chi connectivity index (χ1v) is 8.96. The van der Waals surface area contributed by atoms with E-state index >= 15 is 0 Å². The van der Waals surface area contributed by atoms with Crippen molar-refractivity contribution in [3.63, 3.8) is 0 Å². The molecule has 0 bridgehead atoms. The van der Waals surface area contributed by atoms with Crippen molar-refractivity contribution in [2.24, 2.45) is 16.6 Å². The van der Waals surface area contributed by atoms with Crippen LogP contribution in [0.15, 0.2) is 23.5 Å². The molecule has 1 aromatic heterocycles. The summed E-state index contributed by atoms with van der Waals surface area (Å²) >= 11 is 0. The topological polar surface area (TPSA) is 133 Å². The fraction of sp³-hybridized carbons (Fsp3) is 0.400. The van der Waals surface area contributed by atoms with Crippen molar-refractivity contribution in [2.45, 2.75) is 19.4 Å². The summed E-state index contributed by atoms with van der Waals surface area (Å²) < 4.78 is 16.5. The molecule has 1 aromatic rings. The molecule has 11 heteroatoms. The molecule has 26 heavy (non-hydrogen) atoms. The lowest BCUT2D eigenvalue weighted by molar-refractivity contribution is -0.151. The molecule has 140 valence electrons. The van der Waals surface area contributed by atoms with Gasteiger partial charge in [-0.05, 0) is 18.9 Å². The molecule has 3 rings (SSSR count). The predicted molar refractivity (Wildman–Crippen MR) is 95.7 cm³/mol. The fourth-order valence-electron chi connectivity index (χ4n) is 2.38. The van der Waals surface area contributed by atoms with Crippen LogP contribution >= 0.6 is 8.60 Å². The van der Waals surface area contributed by atoms with Crippen LogP contribution in [0.3, 0.4) is 0 Å². The van der Waals surface area contributed by atoms with Crippen LogP contribution in [0, 0.1) is 5.92 Å². The van der Waals surface area contributed by atoms with E-state index in [4.69, 9.17) is 15.0 Å². The number of carbonyl (C=O) groups is 1. The summed E-state index contributed by atoms with van der Waals surface area (Å²) in [5, 5.41) is 2.83. The number of hydrogen-bond acceptors (Lipinski definition) is 9. The second-order valence-electron chi connectivity index (χ2n) is 5.83. The van der Waals surface area contributed by atoms with Gasteiger partial charge in [0.25, 0.3) is 0 Å². The summed E-state index contributed by atoms with van der Waals surface area (Å²) in [5.74, 6) is 0.459. The highest BCUT2D eigenvalue weighted by Gasteiger charge is 2.33. The highest BCUT2D eigenvalue weighted by Crippen LogP contribution is 2.40. The number of hydrogen-bond donors (Lipinski definition) is 3. The van der Waals surface area contributed by atoms with Gasteiger partial charge in [-0.25, -0.2) is 9.78 Å². The van der Waals surface area contributed by atoms with Crippen LogP contribution in [0.25, 0.3) is 11.9 Å². The number of carbonyl (C=O) groups excluding carboxylic acids is 1. The lowest BCUT2D eigenvalue weighted by Crippen LogP contribution is -2.32. The molecule has 2 aliphatic rings. The molecule has 0 spiro atoms. The van der Waals surface area contributed by atoms with Gasteiger partial charge in [0.2, 0.25) is 0 Å². The fourth-order valence-corrected chi connectivity index (χ4v) is 2.82. The Morgan fingerprint density at radius 1 is 1.69 bits per heavy atom. The number of guanidine groups is 1. The molecule has 1 aliphatic heterocycles. The number of aromatic nitrogens is 2. The van der Waals surface area contributed by atoms with Crippen LogP contribution in [0.5, 0.6) is 0 Å². The van der Waals surface area contributed by atoms with Gasteiger partial charge < -0.3 is 25.2 Å². The minimum atomic E-state index is -2.07. The number of esters is 1. The van der Waals surface area contributed by atoms with Gasteiger partial charge in [0.15, 0.2) is 17.9 Å². The van der Waals surface area contributed by atoms with Crippen LogP contribution in [0.4, 0.5) is 5.82 Å². The lowest BCUT2D eigenvalue weighted by Gasteiger charge is -2.14. The summed E-state index contributed by atoms with van der Waals surface area (Å²) in [6.45, 7) is 5.60. The molecule has 0 radical (unpaired) electrons. The molecule has 2 heterocycles. The monoisotopic (exact) mass is 381 g/mol. The lowest BCUT2D eigenvalue weighted by atomic mass is 10.3. The Labute approximate surface area is 151 Å². The smallest absolute Gasteiger partial charge is 0.335 e. The molecule has 4 N–H and O–H groups in total. The van der Waals surface area contributed by atoms with Gasteiger partial charge in [-0.2, -0.15) is 4.99 Å². The van der Waals surface area contributed by atoms with E-state index in [1.54, 1.807) is 10.9 Å². The van der Waals surface area contributed by atoms with Gasteiger partial charge >= 0.3 is 14.6 Å². The second-order valence-corrected chi connectivity index (χ2v) is 6.88. The number of ether oxygens (including phenoxy) is 1. The summed E-state index contributed by atoms with van der Waals surface area (Å²) in [7, 11) is -0.773. The Hall–Kier alpha value is -2.26. The van der Waals surface area contributed by atoms with Crippen molar-refractivity contribution in [3.8, 4) is 0 Å². The van der Waals surface area contributed by atoms with Gasteiger partial charge in [0, 0.05) is 19.2 Å². The first kappa shape index (κ1) is 18.5. The maximum Gasteiger partial charge on any atom is 0.335 e. The summed E-state index contributed by atoms with van der Waals surface area (Å²) in [4.78, 5) is 29.6. The van der Waals surface area contributed by atoms with Crippen LogP contribution in [0.1, 0.15) is 19.0 Å². The van der Waals surface area contributed by atoms with Crippen LogP contribution < -0.4 is 11.1 Å². The number of imidazole rings is 1. The molecule has 2 unspecified atom stereocenters. The minimum Gasteiger partial charge on any atom is -0.463 e. The van der Waals surface area contributed by atoms with Crippen molar-refractivity contribution in [1.82, 2.24) is 14.9 Å². The summed E-state index contributed by atoms with van der Waals surface area (Å²) in [5.41, 5.74) is 8.06. The predicted octanol–water partition coefficient (Wildman–Crippen LogP) is 1.08. The Kier molecular flexibility index (Phi) is 5.38. The molecule has 0 saturated heterocycles. The molecular formula is C15H20N5O5P. The van der Waals surface area contributed by atoms with E-state index in [0.717, 1.165) is 12.0 Å². The molecule has 10 nitrogen and oxygen atoms in total.